The van der Waals surface area contributed by atoms with Gasteiger partial charge in [-0.2, -0.15) is 9.40 Å². The summed E-state index contributed by atoms with van der Waals surface area (Å²) >= 11 is 0. The fourth-order valence-electron chi connectivity index (χ4n) is 2.11. The second-order valence-electron chi connectivity index (χ2n) is 4.58. The van der Waals surface area contributed by atoms with Crippen molar-refractivity contribution < 1.29 is 13.5 Å². The normalized spacial score (nSPS) is 12.0. The first kappa shape index (κ1) is 15.7. The Hall–Kier alpha value is -1.70. The van der Waals surface area contributed by atoms with Crippen LogP contribution in [0.25, 0.3) is 5.69 Å². The van der Waals surface area contributed by atoms with Gasteiger partial charge >= 0.3 is 0 Å². The Bertz CT molecular complexity index is 696. The van der Waals surface area contributed by atoms with Crippen molar-refractivity contribution in [3.63, 3.8) is 0 Å². The van der Waals surface area contributed by atoms with E-state index in [-0.39, 0.29) is 18.0 Å². The van der Waals surface area contributed by atoms with E-state index >= 15 is 0 Å². The number of likely N-dealkylation sites (N-methyl/N-ethyl adjacent to an activating group) is 1. The number of hydrogen-bond acceptors (Lipinski definition) is 4. The van der Waals surface area contributed by atoms with Crippen LogP contribution in [-0.4, -0.2) is 47.3 Å². The lowest BCUT2D eigenvalue weighted by Crippen LogP contribution is -2.33. The number of sulfonamides is 1. The highest BCUT2D eigenvalue weighted by molar-refractivity contribution is 7.89. The van der Waals surface area contributed by atoms with Gasteiger partial charge < -0.3 is 5.11 Å². The number of benzene rings is 1. The molecule has 0 aliphatic carbocycles. The van der Waals surface area contributed by atoms with E-state index in [1.165, 1.54) is 10.5 Å². The molecule has 114 valence electrons. The molecule has 0 aliphatic rings. The molecule has 0 aliphatic heterocycles. The molecular formula is C14H19N3O3S. The molecule has 1 aromatic carbocycles. The molecule has 0 bridgehead atoms. The molecule has 2 rings (SSSR count). The van der Waals surface area contributed by atoms with Crippen LogP contribution in [0.15, 0.2) is 41.4 Å². The second-order valence-corrected chi connectivity index (χ2v) is 6.49. The molecule has 0 atom stereocenters. The van der Waals surface area contributed by atoms with E-state index in [1.54, 1.807) is 18.5 Å². The maximum Gasteiger partial charge on any atom is 0.246 e. The average Bonchev–Trinajstić information content (AvgIpc) is 2.88. The zero-order chi connectivity index (χ0) is 15.5. The fraction of sp³-hybridized carbons (Fsp3) is 0.357. The highest BCUT2D eigenvalue weighted by atomic mass is 32.2. The summed E-state index contributed by atoms with van der Waals surface area (Å²) < 4.78 is 28.0. The van der Waals surface area contributed by atoms with Crippen LogP contribution in [0.2, 0.25) is 0 Å². The Morgan fingerprint density at radius 1 is 1.29 bits per heavy atom. The third-order valence-corrected chi connectivity index (χ3v) is 5.27. The average molecular weight is 309 g/mol. The van der Waals surface area contributed by atoms with Crippen molar-refractivity contribution in [1.82, 2.24) is 14.1 Å². The second kappa shape index (κ2) is 6.38. The summed E-state index contributed by atoms with van der Waals surface area (Å²) in [6.45, 7) is 3.58. The number of aromatic nitrogens is 2. The van der Waals surface area contributed by atoms with Crippen molar-refractivity contribution in [2.75, 3.05) is 19.7 Å². The van der Waals surface area contributed by atoms with Crippen LogP contribution in [0.4, 0.5) is 0 Å². The number of aryl methyl sites for hydroxylation is 1. The van der Waals surface area contributed by atoms with Gasteiger partial charge in [0.1, 0.15) is 4.90 Å². The Kier molecular flexibility index (Phi) is 4.76. The first-order valence-electron chi connectivity index (χ1n) is 6.73. The summed E-state index contributed by atoms with van der Waals surface area (Å²) in [6.07, 6.45) is 1.51. The fourth-order valence-corrected chi connectivity index (χ4v) is 3.70. The van der Waals surface area contributed by atoms with Gasteiger partial charge in [-0.05, 0) is 19.1 Å². The lowest BCUT2D eigenvalue weighted by atomic mass is 10.3. The Morgan fingerprint density at radius 3 is 2.52 bits per heavy atom. The van der Waals surface area contributed by atoms with Crippen molar-refractivity contribution in [3.05, 3.63) is 42.2 Å². The first-order chi connectivity index (χ1) is 10.0. The molecule has 0 unspecified atom stereocenters. The minimum atomic E-state index is -3.64. The molecule has 7 heteroatoms. The van der Waals surface area contributed by atoms with Crippen LogP contribution in [-0.2, 0) is 10.0 Å². The third kappa shape index (κ3) is 3.15. The minimum Gasteiger partial charge on any atom is -0.395 e. The van der Waals surface area contributed by atoms with Crippen LogP contribution >= 0.6 is 0 Å². The first-order valence-corrected chi connectivity index (χ1v) is 8.17. The van der Waals surface area contributed by atoms with E-state index in [2.05, 4.69) is 5.10 Å². The number of hydrogen-bond donors (Lipinski definition) is 1. The van der Waals surface area contributed by atoms with Crippen LogP contribution < -0.4 is 0 Å². The van der Waals surface area contributed by atoms with Gasteiger partial charge in [0, 0.05) is 13.1 Å². The molecule has 1 aromatic heterocycles. The summed E-state index contributed by atoms with van der Waals surface area (Å²) in [5.74, 6) is 0. The number of aliphatic hydroxyl groups excluding tert-OH is 1. The molecule has 21 heavy (non-hydrogen) atoms. The van der Waals surface area contributed by atoms with Gasteiger partial charge in [0.2, 0.25) is 10.0 Å². The SMILES string of the molecule is CCN(CCO)S(=O)(=O)c1cn(-c2ccccc2)nc1C. The predicted octanol–water partition coefficient (Wildman–Crippen LogP) is 1.18. The molecule has 2 aromatic rings. The number of rotatable bonds is 6. The van der Waals surface area contributed by atoms with E-state index in [0.29, 0.717) is 12.2 Å². The molecule has 0 spiro atoms. The molecule has 0 saturated heterocycles. The van der Waals surface area contributed by atoms with Crippen molar-refractivity contribution >= 4 is 10.0 Å². The van der Waals surface area contributed by atoms with Gasteiger partial charge in [0.15, 0.2) is 0 Å². The van der Waals surface area contributed by atoms with E-state index < -0.39 is 10.0 Å². The molecular weight excluding hydrogens is 290 g/mol. The zero-order valence-corrected chi connectivity index (χ0v) is 12.9. The smallest absolute Gasteiger partial charge is 0.246 e. The quantitative estimate of drug-likeness (QED) is 0.869. The van der Waals surface area contributed by atoms with Gasteiger partial charge in [0.05, 0.1) is 24.2 Å². The third-order valence-electron chi connectivity index (χ3n) is 3.19. The summed E-state index contributed by atoms with van der Waals surface area (Å²) in [4.78, 5) is 0.168. The number of para-hydroxylation sites is 1. The molecule has 6 nitrogen and oxygen atoms in total. The van der Waals surface area contributed by atoms with Gasteiger partial charge in [-0.15, -0.1) is 0 Å². The molecule has 0 radical (unpaired) electrons. The Balaban J connectivity index is 2.44. The molecule has 1 heterocycles. The molecule has 0 fully saturated rings. The van der Waals surface area contributed by atoms with Crippen molar-refractivity contribution in [3.8, 4) is 5.69 Å². The lowest BCUT2D eigenvalue weighted by Gasteiger charge is -2.18. The van der Waals surface area contributed by atoms with E-state index in [1.807, 2.05) is 30.3 Å². The molecule has 0 saturated carbocycles. The van der Waals surface area contributed by atoms with Gasteiger partial charge in [0.25, 0.3) is 0 Å². The maximum absolute atomic E-state index is 12.6. The van der Waals surface area contributed by atoms with E-state index in [9.17, 15) is 8.42 Å². The van der Waals surface area contributed by atoms with Gasteiger partial charge in [-0.1, -0.05) is 25.1 Å². The molecule has 0 amide bonds. The summed E-state index contributed by atoms with van der Waals surface area (Å²) in [5.41, 5.74) is 1.24. The standard InChI is InChI=1S/C14H19N3O3S/c1-3-16(9-10-18)21(19,20)14-11-17(15-12(14)2)13-7-5-4-6-8-13/h4-8,11,18H,3,9-10H2,1-2H3. The highest BCUT2D eigenvalue weighted by Gasteiger charge is 2.26. The number of nitrogens with zero attached hydrogens (tertiary/aromatic N) is 3. The Morgan fingerprint density at radius 2 is 1.95 bits per heavy atom. The zero-order valence-electron chi connectivity index (χ0n) is 12.1. The largest absolute Gasteiger partial charge is 0.395 e. The van der Waals surface area contributed by atoms with Gasteiger partial charge in [-0.3, -0.25) is 0 Å². The summed E-state index contributed by atoms with van der Waals surface area (Å²) in [5, 5.41) is 13.3. The van der Waals surface area contributed by atoms with Crippen LogP contribution in [0.5, 0.6) is 0 Å². The maximum atomic E-state index is 12.6. The van der Waals surface area contributed by atoms with Crippen molar-refractivity contribution in [2.24, 2.45) is 0 Å². The van der Waals surface area contributed by atoms with Crippen LogP contribution in [0.1, 0.15) is 12.6 Å². The van der Waals surface area contributed by atoms with Crippen LogP contribution in [0, 0.1) is 6.92 Å². The lowest BCUT2D eigenvalue weighted by molar-refractivity contribution is 0.257. The highest BCUT2D eigenvalue weighted by Crippen LogP contribution is 2.20. The predicted molar refractivity (Wildman–Crippen MR) is 79.8 cm³/mol. The van der Waals surface area contributed by atoms with Crippen molar-refractivity contribution in [2.45, 2.75) is 18.7 Å². The Labute approximate surface area is 124 Å². The van der Waals surface area contributed by atoms with E-state index in [0.717, 1.165) is 5.69 Å². The summed E-state index contributed by atoms with van der Waals surface area (Å²) in [6, 6.07) is 9.33. The van der Waals surface area contributed by atoms with E-state index in [4.69, 9.17) is 5.11 Å². The van der Waals surface area contributed by atoms with Crippen molar-refractivity contribution in [1.29, 1.82) is 0 Å². The molecule has 1 N–H and O–H groups in total. The summed E-state index contributed by atoms with van der Waals surface area (Å²) in [7, 11) is -3.64. The van der Waals surface area contributed by atoms with Gasteiger partial charge in [-0.25, -0.2) is 13.1 Å². The topological polar surface area (TPSA) is 75.4 Å². The number of aliphatic hydroxyl groups is 1. The minimum absolute atomic E-state index is 0.0782. The monoisotopic (exact) mass is 309 g/mol. The van der Waals surface area contributed by atoms with Crippen LogP contribution in [0.3, 0.4) is 0 Å².